The van der Waals surface area contributed by atoms with Crippen molar-refractivity contribution in [3.05, 3.63) is 54.9 Å². The molecule has 1 amide bonds. The Morgan fingerprint density at radius 3 is 2.75 bits per heavy atom. The first kappa shape index (κ1) is 19.6. The van der Waals surface area contributed by atoms with Crippen molar-refractivity contribution < 1.29 is 19.0 Å². The van der Waals surface area contributed by atoms with Crippen LogP contribution in [-0.4, -0.2) is 64.8 Å². The molecule has 11 nitrogen and oxygen atoms in total. The number of nitrogens with one attached hydrogen (secondary N) is 1. The Balaban J connectivity index is 1.35. The predicted molar refractivity (Wildman–Crippen MR) is 110 cm³/mol. The van der Waals surface area contributed by atoms with E-state index >= 15 is 0 Å². The third-order valence-electron chi connectivity index (χ3n) is 4.98. The summed E-state index contributed by atoms with van der Waals surface area (Å²) in [6.07, 6.45) is 5.62. The van der Waals surface area contributed by atoms with E-state index in [4.69, 9.17) is 9.84 Å². The summed E-state index contributed by atoms with van der Waals surface area (Å²) in [4.78, 5) is 29.1. The van der Waals surface area contributed by atoms with Gasteiger partial charge in [-0.25, -0.2) is 33.6 Å². The van der Waals surface area contributed by atoms with Gasteiger partial charge >= 0.3 is 6.09 Å². The number of nitrogens with zero attached hydrogens (tertiary/aromatic N) is 7. The van der Waals surface area contributed by atoms with Crippen molar-refractivity contribution in [3.8, 4) is 17.1 Å². The maximum Gasteiger partial charge on any atom is 0.407 e. The minimum Gasteiger partial charge on any atom is -0.471 e. The van der Waals surface area contributed by atoms with E-state index in [9.17, 15) is 9.18 Å². The molecule has 1 unspecified atom stereocenters. The number of halogens is 1. The predicted octanol–water partition coefficient (Wildman–Crippen LogP) is 2.60. The SMILES string of the molecule is O=C(O)N1CCC(Oc2ccc3ncc(-c4cnc(Nc5ncccc5F)nc4)n3n2)C1. The van der Waals surface area contributed by atoms with Crippen LogP contribution >= 0.6 is 0 Å². The van der Waals surface area contributed by atoms with Gasteiger partial charge in [0.1, 0.15) is 6.10 Å². The van der Waals surface area contributed by atoms with Crippen molar-refractivity contribution in [2.45, 2.75) is 12.5 Å². The van der Waals surface area contributed by atoms with Gasteiger partial charge in [0.2, 0.25) is 11.8 Å². The van der Waals surface area contributed by atoms with Gasteiger partial charge in [-0.2, -0.15) is 0 Å². The standard InChI is InChI=1S/C20H17FN8O3/c21-14-2-1-6-22-18(14)26-19-24-8-12(9-25-19)15-10-23-16-3-4-17(27-29(15)16)32-13-5-7-28(11-13)20(30)31/h1-4,6,8-10,13H,5,7,11H2,(H,30,31)(H,22,24,25,26). The largest absolute Gasteiger partial charge is 0.471 e. The van der Waals surface area contributed by atoms with Crippen molar-refractivity contribution in [2.24, 2.45) is 0 Å². The van der Waals surface area contributed by atoms with Crippen LogP contribution in [0.1, 0.15) is 6.42 Å². The number of ether oxygens (including phenoxy) is 1. The van der Waals surface area contributed by atoms with Crippen molar-refractivity contribution in [1.29, 1.82) is 0 Å². The molecule has 5 heterocycles. The second kappa shape index (κ2) is 8.06. The minimum atomic E-state index is -0.958. The lowest BCUT2D eigenvalue weighted by Crippen LogP contribution is -2.29. The number of imidazole rings is 1. The van der Waals surface area contributed by atoms with Gasteiger partial charge in [0.15, 0.2) is 17.3 Å². The van der Waals surface area contributed by atoms with Crippen LogP contribution in [0.25, 0.3) is 16.9 Å². The van der Waals surface area contributed by atoms with Crippen LogP contribution in [0.3, 0.4) is 0 Å². The summed E-state index contributed by atoms with van der Waals surface area (Å²) in [5, 5.41) is 16.3. The number of likely N-dealkylation sites (tertiary alicyclic amines) is 1. The summed E-state index contributed by atoms with van der Waals surface area (Å²) in [6.45, 7) is 0.726. The topological polar surface area (TPSA) is 131 Å². The van der Waals surface area contributed by atoms with Crippen molar-refractivity contribution in [1.82, 2.24) is 34.4 Å². The molecule has 32 heavy (non-hydrogen) atoms. The quantitative estimate of drug-likeness (QED) is 0.485. The van der Waals surface area contributed by atoms with Crippen LogP contribution in [0.5, 0.6) is 5.88 Å². The van der Waals surface area contributed by atoms with Crippen LogP contribution < -0.4 is 10.1 Å². The molecule has 5 rings (SSSR count). The van der Waals surface area contributed by atoms with Gasteiger partial charge in [-0.05, 0) is 18.2 Å². The van der Waals surface area contributed by atoms with Crippen LogP contribution in [0.15, 0.2) is 49.1 Å². The van der Waals surface area contributed by atoms with E-state index in [-0.39, 0.29) is 17.9 Å². The van der Waals surface area contributed by atoms with Crippen LogP contribution in [0, 0.1) is 5.82 Å². The van der Waals surface area contributed by atoms with Crippen molar-refractivity contribution >= 4 is 23.5 Å². The van der Waals surface area contributed by atoms with Crippen molar-refractivity contribution in [3.63, 3.8) is 0 Å². The van der Waals surface area contributed by atoms with Gasteiger partial charge < -0.3 is 20.1 Å². The summed E-state index contributed by atoms with van der Waals surface area (Å²) in [6, 6.07) is 6.24. The van der Waals surface area contributed by atoms with Crippen LogP contribution in [0.4, 0.5) is 21.0 Å². The highest BCUT2D eigenvalue weighted by atomic mass is 19.1. The summed E-state index contributed by atoms with van der Waals surface area (Å²) in [5.41, 5.74) is 1.88. The molecular weight excluding hydrogens is 419 g/mol. The molecule has 4 aromatic rings. The number of rotatable bonds is 5. The number of hydrogen-bond donors (Lipinski definition) is 2. The molecule has 0 radical (unpaired) electrons. The zero-order valence-corrected chi connectivity index (χ0v) is 16.6. The molecule has 1 fully saturated rings. The van der Waals surface area contributed by atoms with Gasteiger partial charge in [0, 0.05) is 43.2 Å². The molecule has 0 saturated carbocycles. The summed E-state index contributed by atoms with van der Waals surface area (Å²) in [7, 11) is 0. The number of hydrogen-bond acceptors (Lipinski definition) is 8. The molecule has 1 saturated heterocycles. The fourth-order valence-electron chi connectivity index (χ4n) is 3.39. The first-order valence-electron chi connectivity index (χ1n) is 9.76. The van der Waals surface area contributed by atoms with Gasteiger partial charge in [0.05, 0.1) is 18.4 Å². The summed E-state index contributed by atoms with van der Waals surface area (Å²) < 4.78 is 21.2. The van der Waals surface area contributed by atoms with Crippen molar-refractivity contribution in [2.75, 3.05) is 18.4 Å². The number of anilines is 2. The van der Waals surface area contributed by atoms with E-state index < -0.39 is 11.9 Å². The first-order valence-corrected chi connectivity index (χ1v) is 9.76. The molecule has 0 aromatic carbocycles. The number of carboxylic acid groups (broad SMARTS) is 1. The Bertz CT molecular complexity index is 1280. The van der Waals surface area contributed by atoms with Gasteiger partial charge in [-0.3, -0.25) is 0 Å². The molecule has 12 heteroatoms. The monoisotopic (exact) mass is 436 g/mol. The maximum atomic E-state index is 13.8. The van der Waals surface area contributed by atoms with E-state index in [1.165, 1.54) is 23.2 Å². The second-order valence-electron chi connectivity index (χ2n) is 7.10. The number of amides is 1. The highest BCUT2D eigenvalue weighted by Crippen LogP contribution is 2.23. The van der Waals surface area contributed by atoms with Gasteiger partial charge in [-0.1, -0.05) is 0 Å². The average molecular weight is 436 g/mol. The third kappa shape index (κ3) is 3.85. The normalized spacial score (nSPS) is 15.8. The molecule has 1 aliphatic rings. The molecule has 1 atom stereocenters. The molecule has 0 bridgehead atoms. The lowest BCUT2D eigenvalue weighted by Gasteiger charge is -2.14. The molecule has 0 aliphatic carbocycles. The number of pyridine rings is 1. The second-order valence-corrected chi connectivity index (χ2v) is 7.10. The smallest absolute Gasteiger partial charge is 0.407 e. The number of carbonyl (C=O) groups is 1. The molecule has 2 N–H and O–H groups in total. The van der Waals surface area contributed by atoms with E-state index in [2.05, 4.69) is 30.4 Å². The van der Waals surface area contributed by atoms with Gasteiger partial charge in [-0.15, -0.1) is 5.10 Å². The maximum absolute atomic E-state index is 13.8. The zero-order valence-electron chi connectivity index (χ0n) is 16.6. The summed E-state index contributed by atoms with van der Waals surface area (Å²) in [5.74, 6) is 0.0829. The highest BCUT2D eigenvalue weighted by molar-refractivity contribution is 5.65. The molecule has 1 aliphatic heterocycles. The molecule has 162 valence electrons. The first-order chi connectivity index (χ1) is 15.6. The van der Waals surface area contributed by atoms with E-state index in [0.29, 0.717) is 42.3 Å². The van der Waals surface area contributed by atoms with Crippen LogP contribution in [-0.2, 0) is 0 Å². The number of aromatic nitrogens is 6. The Morgan fingerprint density at radius 1 is 1.16 bits per heavy atom. The Kier molecular flexibility index (Phi) is 4.94. The lowest BCUT2D eigenvalue weighted by molar-refractivity contribution is 0.144. The van der Waals surface area contributed by atoms with Gasteiger partial charge in [0.25, 0.3) is 0 Å². The van der Waals surface area contributed by atoms with Crippen LogP contribution in [0.2, 0.25) is 0 Å². The molecule has 0 spiro atoms. The fraction of sp³-hybridized carbons (Fsp3) is 0.200. The van der Waals surface area contributed by atoms with E-state index in [1.54, 1.807) is 35.2 Å². The Morgan fingerprint density at radius 2 is 2.00 bits per heavy atom. The molecule has 4 aromatic heterocycles. The average Bonchev–Trinajstić information content (AvgIpc) is 3.43. The van der Waals surface area contributed by atoms with E-state index in [0.717, 1.165) is 0 Å². The Labute approximate surface area is 180 Å². The fourth-order valence-corrected chi connectivity index (χ4v) is 3.39. The third-order valence-corrected chi connectivity index (χ3v) is 4.98. The lowest BCUT2D eigenvalue weighted by atomic mass is 10.3. The Hall–Kier alpha value is -4.35. The zero-order chi connectivity index (χ0) is 22.1. The number of fused-ring (bicyclic) bond motifs is 1. The highest BCUT2D eigenvalue weighted by Gasteiger charge is 2.27. The van der Waals surface area contributed by atoms with E-state index in [1.807, 2.05) is 0 Å². The minimum absolute atomic E-state index is 0.0342. The summed E-state index contributed by atoms with van der Waals surface area (Å²) >= 11 is 0. The molecular formula is C20H17FN8O3.